The van der Waals surface area contributed by atoms with Crippen molar-refractivity contribution in [3.05, 3.63) is 0 Å². The minimum absolute atomic E-state index is 0.0511. The zero-order valence-electron chi connectivity index (χ0n) is 8.86. The van der Waals surface area contributed by atoms with Gasteiger partial charge in [-0.1, -0.05) is 0 Å². The van der Waals surface area contributed by atoms with Crippen LogP contribution in [0.4, 0.5) is 0 Å². The van der Waals surface area contributed by atoms with Crippen molar-refractivity contribution in [1.82, 2.24) is 4.90 Å². The number of nitrogens with two attached hydrogens (primary N) is 1. The number of aliphatic hydroxyl groups is 1. The highest BCUT2D eigenvalue weighted by molar-refractivity contribution is 4.74. The first-order valence-electron chi connectivity index (χ1n) is 4.73. The molecule has 0 fully saturated rings. The van der Waals surface area contributed by atoms with Crippen LogP contribution in [0.25, 0.3) is 0 Å². The summed E-state index contributed by atoms with van der Waals surface area (Å²) in [6, 6.07) is 0.436. The number of ether oxygens (including phenoxy) is 1. The highest BCUT2D eigenvalue weighted by atomic mass is 16.5. The van der Waals surface area contributed by atoms with E-state index < -0.39 is 0 Å². The van der Waals surface area contributed by atoms with Crippen molar-refractivity contribution < 1.29 is 9.84 Å². The molecule has 1 atom stereocenters. The van der Waals surface area contributed by atoms with E-state index >= 15 is 0 Å². The van der Waals surface area contributed by atoms with Crippen LogP contribution in [0.2, 0.25) is 0 Å². The van der Waals surface area contributed by atoms with E-state index in [9.17, 15) is 0 Å². The summed E-state index contributed by atoms with van der Waals surface area (Å²) in [5.41, 5.74) is 5.55. The average molecular weight is 190 g/mol. The van der Waals surface area contributed by atoms with Crippen LogP contribution < -0.4 is 5.73 Å². The topological polar surface area (TPSA) is 58.7 Å². The third-order valence-electron chi connectivity index (χ3n) is 2.17. The molecule has 0 aromatic heterocycles. The maximum absolute atomic E-state index is 9.08. The summed E-state index contributed by atoms with van der Waals surface area (Å²) >= 11 is 0. The van der Waals surface area contributed by atoms with Gasteiger partial charge in [-0.15, -0.1) is 0 Å². The first-order valence-corrected chi connectivity index (χ1v) is 4.73. The lowest BCUT2D eigenvalue weighted by atomic mass is 10.2. The summed E-state index contributed by atoms with van der Waals surface area (Å²) in [5, 5.41) is 9.08. The predicted molar refractivity (Wildman–Crippen MR) is 53.6 cm³/mol. The van der Waals surface area contributed by atoms with Gasteiger partial charge in [0.05, 0.1) is 13.2 Å². The molecule has 80 valence electrons. The third kappa shape index (κ3) is 4.57. The Labute approximate surface area is 80.7 Å². The second-order valence-electron chi connectivity index (χ2n) is 3.40. The van der Waals surface area contributed by atoms with Gasteiger partial charge in [-0.3, -0.25) is 4.90 Å². The molecule has 0 spiro atoms. The van der Waals surface area contributed by atoms with E-state index in [0.717, 1.165) is 6.54 Å². The van der Waals surface area contributed by atoms with Gasteiger partial charge in [0.15, 0.2) is 0 Å². The lowest BCUT2D eigenvalue weighted by Crippen LogP contribution is -2.48. The molecule has 0 aliphatic carbocycles. The first kappa shape index (κ1) is 12.8. The maximum atomic E-state index is 9.08. The lowest BCUT2D eigenvalue weighted by Gasteiger charge is -2.32. The molecule has 1 unspecified atom stereocenters. The summed E-state index contributed by atoms with van der Waals surface area (Å²) < 4.78 is 5.00. The summed E-state index contributed by atoms with van der Waals surface area (Å²) in [6.07, 6.45) is 0. The number of aliphatic hydroxyl groups excluding tert-OH is 1. The smallest absolute Gasteiger partial charge is 0.0599 e. The van der Waals surface area contributed by atoms with Gasteiger partial charge < -0.3 is 15.6 Å². The van der Waals surface area contributed by atoms with Gasteiger partial charge in [0, 0.05) is 32.3 Å². The largest absolute Gasteiger partial charge is 0.395 e. The number of hydrogen-bond acceptors (Lipinski definition) is 4. The second kappa shape index (κ2) is 7.26. The summed E-state index contributed by atoms with van der Waals surface area (Å²) in [6.45, 7) is 6.27. The van der Waals surface area contributed by atoms with Gasteiger partial charge in [-0.25, -0.2) is 0 Å². The van der Waals surface area contributed by atoms with Crippen molar-refractivity contribution in [2.24, 2.45) is 5.73 Å². The molecule has 4 nitrogen and oxygen atoms in total. The summed E-state index contributed by atoms with van der Waals surface area (Å²) in [5.74, 6) is 0. The Balaban J connectivity index is 4.04. The van der Waals surface area contributed by atoms with E-state index in [-0.39, 0.29) is 12.6 Å². The molecule has 0 aromatic carbocycles. The molecule has 0 bridgehead atoms. The SMILES string of the molecule is COCCN(C(C)C)C(CN)CO. The van der Waals surface area contributed by atoms with E-state index in [1.807, 2.05) is 0 Å². The Kier molecular flexibility index (Phi) is 7.17. The van der Waals surface area contributed by atoms with Gasteiger partial charge in [0.1, 0.15) is 0 Å². The van der Waals surface area contributed by atoms with Crippen LogP contribution >= 0.6 is 0 Å². The van der Waals surface area contributed by atoms with Gasteiger partial charge in [-0.05, 0) is 13.8 Å². The molecule has 0 saturated carbocycles. The normalized spacial score (nSPS) is 14.1. The first-order chi connectivity index (χ1) is 6.17. The zero-order chi connectivity index (χ0) is 10.3. The van der Waals surface area contributed by atoms with Crippen molar-refractivity contribution in [2.75, 3.05) is 33.4 Å². The van der Waals surface area contributed by atoms with E-state index in [2.05, 4.69) is 18.7 Å². The van der Waals surface area contributed by atoms with Crippen molar-refractivity contribution in [1.29, 1.82) is 0 Å². The molecule has 0 heterocycles. The van der Waals surface area contributed by atoms with E-state index in [0.29, 0.717) is 19.2 Å². The molecule has 0 rings (SSSR count). The molecule has 0 radical (unpaired) electrons. The van der Waals surface area contributed by atoms with Crippen molar-refractivity contribution >= 4 is 0 Å². The number of nitrogens with zero attached hydrogens (tertiary/aromatic N) is 1. The lowest BCUT2D eigenvalue weighted by molar-refractivity contribution is 0.0684. The molecule has 3 N–H and O–H groups in total. The third-order valence-corrected chi connectivity index (χ3v) is 2.17. The molecule has 0 aliphatic rings. The number of methoxy groups -OCH3 is 1. The van der Waals surface area contributed by atoms with Crippen LogP contribution in [0, 0.1) is 0 Å². The highest BCUT2D eigenvalue weighted by Gasteiger charge is 2.18. The Morgan fingerprint density at radius 1 is 1.46 bits per heavy atom. The molecule has 0 aromatic rings. The van der Waals surface area contributed by atoms with E-state index in [4.69, 9.17) is 15.6 Å². The standard InChI is InChI=1S/C9H22N2O2/c1-8(2)11(4-5-13-3)9(6-10)7-12/h8-9,12H,4-7,10H2,1-3H3. The van der Waals surface area contributed by atoms with E-state index in [1.54, 1.807) is 7.11 Å². The minimum Gasteiger partial charge on any atom is -0.395 e. The Hall–Kier alpha value is -0.160. The Morgan fingerprint density at radius 3 is 2.38 bits per heavy atom. The van der Waals surface area contributed by atoms with E-state index in [1.165, 1.54) is 0 Å². The molecular weight excluding hydrogens is 168 g/mol. The Morgan fingerprint density at radius 2 is 2.08 bits per heavy atom. The fourth-order valence-corrected chi connectivity index (χ4v) is 1.37. The summed E-state index contributed by atoms with van der Waals surface area (Å²) in [7, 11) is 1.68. The maximum Gasteiger partial charge on any atom is 0.0599 e. The second-order valence-corrected chi connectivity index (χ2v) is 3.40. The molecule has 0 aliphatic heterocycles. The van der Waals surface area contributed by atoms with Crippen LogP contribution in [0.15, 0.2) is 0 Å². The molecule has 13 heavy (non-hydrogen) atoms. The van der Waals surface area contributed by atoms with Gasteiger partial charge in [-0.2, -0.15) is 0 Å². The van der Waals surface area contributed by atoms with Crippen LogP contribution in [-0.4, -0.2) is 55.5 Å². The number of hydrogen-bond donors (Lipinski definition) is 2. The van der Waals surface area contributed by atoms with Gasteiger partial charge in [0.2, 0.25) is 0 Å². The summed E-state index contributed by atoms with van der Waals surface area (Å²) in [4.78, 5) is 2.16. The fourth-order valence-electron chi connectivity index (χ4n) is 1.37. The monoisotopic (exact) mass is 190 g/mol. The van der Waals surface area contributed by atoms with Crippen molar-refractivity contribution in [3.63, 3.8) is 0 Å². The number of rotatable bonds is 7. The molecule has 4 heteroatoms. The quantitative estimate of drug-likeness (QED) is 0.577. The average Bonchev–Trinajstić information content (AvgIpc) is 2.11. The molecule has 0 amide bonds. The van der Waals surface area contributed by atoms with Gasteiger partial charge >= 0.3 is 0 Å². The minimum atomic E-state index is 0.0511. The van der Waals surface area contributed by atoms with Crippen LogP contribution in [-0.2, 0) is 4.74 Å². The Bertz CT molecular complexity index is 116. The van der Waals surface area contributed by atoms with Crippen molar-refractivity contribution in [2.45, 2.75) is 25.9 Å². The molecular formula is C9H22N2O2. The van der Waals surface area contributed by atoms with Crippen LogP contribution in [0.5, 0.6) is 0 Å². The predicted octanol–water partition coefficient (Wildman–Crippen LogP) is -0.337. The van der Waals surface area contributed by atoms with Crippen LogP contribution in [0.3, 0.4) is 0 Å². The molecule has 0 saturated heterocycles. The van der Waals surface area contributed by atoms with Gasteiger partial charge in [0.25, 0.3) is 0 Å². The van der Waals surface area contributed by atoms with Crippen molar-refractivity contribution in [3.8, 4) is 0 Å². The zero-order valence-corrected chi connectivity index (χ0v) is 8.86. The highest BCUT2D eigenvalue weighted by Crippen LogP contribution is 2.03. The fraction of sp³-hybridized carbons (Fsp3) is 1.00. The van der Waals surface area contributed by atoms with Crippen LogP contribution in [0.1, 0.15) is 13.8 Å².